The lowest BCUT2D eigenvalue weighted by molar-refractivity contribution is -0.125. The highest BCUT2D eigenvalue weighted by Crippen LogP contribution is 2.35. The Balaban J connectivity index is 1.46. The predicted molar refractivity (Wildman–Crippen MR) is 123 cm³/mol. The van der Waals surface area contributed by atoms with Crippen molar-refractivity contribution in [2.24, 2.45) is 5.10 Å². The van der Waals surface area contributed by atoms with E-state index in [1.807, 2.05) is 58.4 Å². The minimum Gasteiger partial charge on any atom is -0.335 e. The molecule has 2 aliphatic rings. The monoisotopic (exact) mass is 440 g/mol. The SMILES string of the molecule is CS(=O)(=O)CCN1CCN(C(=O)C2=NN(c3ccccc3)C(c3ccccc3)C2)CC1. The van der Waals surface area contributed by atoms with Crippen LogP contribution >= 0.6 is 0 Å². The molecule has 1 atom stereocenters. The fourth-order valence-electron chi connectivity index (χ4n) is 4.04. The molecule has 164 valence electrons. The molecule has 0 aromatic heterocycles. The lowest BCUT2D eigenvalue weighted by Gasteiger charge is -2.34. The minimum absolute atomic E-state index is 0.0152. The number of rotatable bonds is 6. The number of nitrogens with zero attached hydrogens (tertiary/aromatic N) is 4. The summed E-state index contributed by atoms with van der Waals surface area (Å²) in [6.07, 6.45) is 1.82. The van der Waals surface area contributed by atoms with Gasteiger partial charge in [-0.2, -0.15) is 5.10 Å². The van der Waals surface area contributed by atoms with Crippen molar-refractivity contribution >= 4 is 27.1 Å². The van der Waals surface area contributed by atoms with Crippen LogP contribution in [-0.2, 0) is 14.6 Å². The first-order valence-electron chi connectivity index (χ1n) is 10.6. The Labute approximate surface area is 183 Å². The number of anilines is 1. The third-order valence-electron chi connectivity index (χ3n) is 5.80. The average Bonchev–Trinajstić information content (AvgIpc) is 3.24. The maximum Gasteiger partial charge on any atom is 0.270 e. The average molecular weight is 441 g/mol. The van der Waals surface area contributed by atoms with Gasteiger partial charge in [0.05, 0.1) is 17.5 Å². The normalized spacial score (nSPS) is 20.0. The van der Waals surface area contributed by atoms with Crippen LogP contribution < -0.4 is 5.01 Å². The van der Waals surface area contributed by atoms with Crippen LogP contribution in [0.4, 0.5) is 5.69 Å². The Morgan fingerprint density at radius 3 is 2.19 bits per heavy atom. The van der Waals surface area contributed by atoms with Crippen LogP contribution in [0.3, 0.4) is 0 Å². The molecule has 0 aliphatic carbocycles. The standard InChI is InChI=1S/C23H28N4O3S/c1-31(29,30)17-16-25-12-14-26(15-13-25)23(28)21-18-22(19-8-4-2-5-9-19)27(24-21)20-10-6-3-7-11-20/h2-11,22H,12-18H2,1H3. The first-order valence-corrected chi connectivity index (χ1v) is 12.6. The lowest BCUT2D eigenvalue weighted by atomic mass is 10.0. The van der Waals surface area contributed by atoms with Crippen molar-refractivity contribution in [1.82, 2.24) is 9.80 Å². The first-order chi connectivity index (χ1) is 14.9. The van der Waals surface area contributed by atoms with E-state index < -0.39 is 9.84 Å². The summed E-state index contributed by atoms with van der Waals surface area (Å²) in [5, 5.41) is 6.69. The van der Waals surface area contributed by atoms with E-state index in [2.05, 4.69) is 17.0 Å². The van der Waals surface area contributed by atoms with Crippen LogP contribution in [0.15, 0.2) is 65.8 Å². The molecule has 1 amide bonds. The van der Waals surface area contributed by atoms with E-state index in [1.54, 1.807) is 0 Å². The fraction of sp³-hybridized carbons (Fsp3) is 0.391. The van der Waals surface area contributed by atoms with Crippen molar-refractivity contribution in [3.63, 3.8) is 0 Å². The summed E-state index contributed by atoms with van der Waals surface area (Å²) in [5.74, 6) is 0.125. The summed E-state index contributed by atoms with van der Waals surface area (Å²) in [7, 11) is -2.98. The van der Waals surface area contributed by atoms with Gasteiger partial charge in [0.15, 0.2) is 0 Å². The summed E-state index contributed by atoms with van der Waals surface area (Å²) >= 11 is 0. The molecule has 1 saturated heterocycles. The maximum atomic E-state index is 13.2. The molecule has 8 heteroatoms. The Morgan fingerprint density at radius 1 is 0.968 bits per heavy atom. The van der Waals surface area contributed by atoms with Crippen LogP contribution in [0.2, 0.25) is 0 Å². The molecule has 1 unspecified atom stereocenters. The molecular weight excluding hydrogens is 412 g/mol. The van der Waals surface area contributed by atoms with Crippen LogP contribution in [0.1, 0.15) is 18.0 Å². The van der Waals surface area contributed by atoms with Gasteiger partial charge >= 0.3 is 0 Å². The summed E-state index contributed by atoms with van der Waals surface area (Å²) in [4.78, 5) is 17.2. The molecule has 0 radical (unpaired) electrons. The van der Waals surface area contributed by atoms with Gasteiger partial charge in [-0.05, 0) is 17.7 Å². The Kier molecular flexibility index (Phi) is 6.38. The predicted octanol–water partition coefficient (Wildman–Crippen LogP) is 2.18. The molecule has 0 spiro atoms. The molecule has 0 N–H and O–H groups in total. The molecular formula is C23H28N4O3S. The van der Waals surface area contributed by atoms with Crippen molar-refractivity contribution in [1.29, 1.82) is 0 Å². The molecule has 31 heavy (non-hydrogen) atoms. The summed E-state index contributed by atoms with van der Waals surface area (Å²) in [5.41, 5.74) is 2.66. The second-order valence-electron chi connectivity index (χ2n) is 8.12. The molecule has 7 nitrogen and oxygen atoms in total. The van der Waals surface area contributed by atoms with Crippen LogP contribution in [0, 0.1) is 0 Å². The largest absolute Gasteiger partial charge is 0.335 e. The van der Waals surface area contributed by atoms with Crippen molar-refractivity contribution in [2.45, 2.75) is 12.5 Å². The van der Waals surface area contributed by atoms with Gasteiger partial charge in [-0.15, -0.1) is 0 Å². The lowest BCUT2D eigenvalue weighted by Crippen LogP contribution is -2.51. The van der Waals surface area contributed by atoms with Gasteiger partial charge in [0.2, 0.25) is 0 Å². The molecule has 2 aromatic rings. The second kappa shape index (κ2) is 9.20. The second-order valence-corrected chi connectivity index (χ2v) is 10.4. The van der Waals surface area contributed by atoms with E-state index in [1.165, 1.54) is 6.26 Å². The van der Waals surface area contributed by atoms with Crippen molar-refractivity contribution < 1.29 is 13.2 Å². The summed E-state index contributed by atoms with van der Waals surface area (Å²) in [6.45, 7) is 3.05. The quantitative estimate of drug-likeness (QED) is 0.689. The van der Waals surface area contributed by atoms with Gasteiger partial charge in [0, 0.05) is 45.4 Å². The molecule has 1 fully saturated rings. The highest BCUT2D eigenvalue weighted by atomic mass is 32.2. The molecule has 0 saturated carbocycles. The summed E-state index contributed by atoms with van der Waals surface area (Å²) in [6, 6.07) is 20.1. The molecule has 2 aromatic carbocycles. The van der Waals surface area contributed by atoms with Crippen molar-refractivity contribution in [3.8, 4) is 0 Å². The van der Waals surface area contributed by atoms with Crippen LogP contribution in [0.5, 0.6) is 0 Å². The number of hydrogen-bond donors (Lipinski definition) is 0. The number of para-hydroxylation sites is 1. The highest BCUT2D eigenvalue weighted by molar-refractivity contribution is 7.90. The van der Waals surface area contributed by atoms with E-state index >= 15 is 0 Å². The van der Waals surface area contributed by atoms with Crippen molar-refractivity contribution in [2.75, 3.05) is 49.7 Å². The van der Waals surface area contributed by atoms with Gasteiger partial charge in [-0.25, -0.2) is 8.42 Å². The summed E-state index contributed by atoms with van der Waals surface area (Å²) < 4.78 is 22.8. The maximum absolute atomic E-state index is 13.2. The number of benzene rings is 2. The number of piperazine rings is 1. The zero-order valence-corrected chi connectivity index (χ0v) is 18.5. The van der Waals surface area contributed by atoms with Gasteiger partial charge in [-0.3, -0.25) is 14.7 Å². The highest BCUT2D eigenvalue weighted by Gasteiger charge is 2.35. The minimum atomic E-state index is -2.98. The molecule has 0 bridgehead atoms. The number of hydrogen-bond acceptors (Lipinski definition) is 6. The smallest absolute Gasteiger partial charge is 0.270 e. The molecule has 2 heterocycles. The number of amides is 1. The Hall–Kier alpha value is -2.71. The van der Waals surface area contributed by atoms with Gasteiger partial charge in [-0.1, -0.05) is 48.5 Å². The number of carbonyl (C=O) groups excluding carboxylic acids is 1. The third-order valence-corrected chi connectivity index (χ3v) is 6.72. The van der Waals surface area contributed by atoms with Crippen LogP contribution in [0.25, 0.3) is 0 Å². The fourth-order valence-corrected chi connectivity index (χ4v) is 4.63. The number of carbonyl (C=O) groups is 1. The van der Waals surface area contributed by atoms with E-state index in [4.69, 9.17) is 5.10 Å². The van der Waals surface area contributed by atoms with E-state index in [-0.39, 0.29) is 17.7 Å². The first kappa shape index (κ1) is 21.5. The topological polar surface area (TPSA) is 73.3 Å². The Morgan fingerprint density at radius 2 is 1.58 bits per heavy atom. The Bertz CT molecular complexity index is 1030. The number of sulfone groups is 1. The van der Waals surface area contributed by atoms with Crippen LogP contribution in [-0.4, -0.2) is 74.6 Å². The van der Waals surface area contributed by atoms with E-state index in [0.29, 0.717) is 44.9 Å². The molecule has 4 rings (SSSR count). The van der Waals surface area contributed by atoms with Gasteiger partial charge in [0.1, 0.15) is 15.5 Å². The number of hydrazone groups is 1. The van der Waals surface area contributed by atoms with E-state index in [0.717, 1.165) is 11.3 Å². The third kappa shape index (κ3) is 5.32. The zero-order chi connectivity index (χ0) is 21.8. The van der Waals surface area contributed by atoms with E-state index in [9.17, 15) is 13.2 Å². The van der Waals surface area contributed by atoms with Gasteiger partial charge in [0.25, 0.3) is 5.91 Å². The van der Waals surface area contributed by atoms with Gasteiger partial charge < -0.3 is 4.90 Å². The zero-order valence-electron chi connectivity index (χ0n) is 17.7. The molecule has 2 aliphatic heterocycles. The van der Waals surface area contributed by atoms with Crippen molar-refractivity contribution in [3.05, 3.63) is 66.2 Å².